The van der Waals surface area contributed by atoms with Crippen LogP contribution in [0.3, 0.4) is 0 Å². The van der Waals surface area contributed by atoms with Crippen LogP contribution in [-0.2, 0) is 0 Å². The van der Waals surface area contributed by atoms with E-state index in [9.17, 15) is 4.79 Å². The van der Waals surface area contributed by atoms with Gasteiger partial charge in [-0.25, -0.2) is 9.50 Å². The van der Waals surface area contributed by atoms with Gasteiger partial charge in [0.1, 0.15) is 6.33 Å². The maximum atomic E-state index is 11.8. The Morgan fingerprint density at radius 1 is 1.28 bits per heavy atom. The van der Waals surface area contributed by atoms with Crippen LogP contribution < -0.4 is 5.56 Å². The number of nitrogens with zero attached hydrogens (tertiary/aromatic N) is 3. The molecule has 3 aromatic rings. The fraction of sp³-hybridized carbons (Fsp3) is 0. The Bertz CT molecular complexity index is 793. The maximum Gasteiger partial charge on any atom is 0.293 e. The zero-order valence-electron chi connectivity index (χ0n) is 8.89. The molecule has 2 aromatic heterocycles. The second kappa shape index (κ2) is 4.12. The summed E-state index contributed by atoms with van der Waals surface area (Å²) in [4.78, 5) is 18.3. The molecule has 1 N–H and O–H groups in total. The zero-order valence-corrected chi connectivity index (χ0v) is 10.4. The number of fused-ring (bicyclic) bond motifs is 1. The van der Waals surface area contributed by atoms with Gasteiger partial charge < -0.3 is 4.98 Å². The van der Waals surface area contributed by atoms with Crippen LogP contribution in [-0.4, -0.2) is 19.6 Å². The van der Waals surface area contributed by atoms with Gasteiger partial charge in [0.25, 0.3) is 5.56 Å². The lowest BCUT2D eigenvalue weighted by Crippen LogP contribution is -2.11. The standard InChI is InChI=1S/C11H6Cl2N4O/c12-6-1-2-7(8(13)3-6)9-4-17-10(11(18)16-9)14-5-15-17/h1-5H,(H,16,18). The summed E-state index contributed by atoms with van der Waals surface area (Å²) in [5.41, 5.74) is 1.15. The van der Waals surface area contributed by atoms with E-state index in [-0.39, 0.29) is 11.2 Å². The third-order valence-corrected chi connectivity index (χ3v) is 3.04. The summed E-state index contributed by atoms with van der Waals surface area (Å²) < 4.78 is 1.40. The molecule has 0 aliphatic heterocycles. The topological polar surface area (TPSA) is 63.0 Å². The Morgan fingerprint density at radius 2 is 2.11 bits per heavy atom. The van der Waals surface area contributed by atoms with Gasteiger partial charge in [0, 0.05) is 10.6 Å². The van der Waals surface area contributed by atoms with Crippen LogP contribution in [0.2, 0.25) is 10.0 Å². The summed E-state index contributed by atoms with van der Waals surface area (Å²) in [7, 11) is 0. The Balaban J connectivity index is 2.28. The number of H-pyrrole nitrogens is 1. The van der Waals surface area contributed by atoms with E-state index in [2.05, 4.69) is 15.1 Å². The third kappa shape index (κ3) is 1.77. The molecule has 5 nitrogen and oxygen atoms in total. The van der Waals surface area contributed by atoms with E-state index in [0.29, 0.717) is 21.3 Å². The van der Waals surface area contributed by atoms with E-state index in [1.165, 1.54) is 10.8 Å². The van der Waals surface area contributed by atoms with Gasteiger partial charge in [-0.15, -0.1) is 0 Å². The van der Waals surface area contributed by atoms with Crippen molar-refractivity contribution >= 4 is 28.8 Å². The van der Waals surface area contributed by atoms with Crippen molar-refractivity contribution in [1.29, 1.82) is 0 Å². The van der Waals surface area contributed by atoms with Gasteiger partial charge in [0.05, 0.1) is 16.9 Å². The molecule has 1 aromatic carbocycles. The monoisotopic (exact) mass is 280 g/mol. The van der Waals surface area contributed by atoms with Crippen molar-refractivity contribution in [3.63, 3.8) is 0 Å². The van der Waals surface area contributed by atoms with E-state index in [0.717, 1.165) is 0 Å². The molecule has 0 saturated heterocycles. The molecular formula is C11H6Cl2N4O. The summed E-state index contributed by atoms with van der Waals surface area (Å²) in [6.07, 6.45) is 2.97. The van der Waals surface area contributed by atoms with E-state index >= 15 is 0 Å². The Morgan fingerprint density at radius 3 is 2.89 bits per heavy atom. The Hall–Kier alpha value is -1.85. The van der Waals surface area contributed by atoms with Crippen molar-refractivity contribution in [1.82, 2.24) is 19.6 Å². The molecule has 0 unspecified atom stereocenters. The van der Waals surface area contributed by atoms with Crippen LogP contribution in [0, 0.1) is 0 Å². The number of aromatic amines is 1. The molecule has 90 valence electrons. The highest BCUT2D eigenvalue weighted by Crippen LogP contribution is 2.28. The largest absolute Gasteiger partial charge is 0.317 e. The van der Waals surface area contributed by atoms with Gasteiger partial charge in [-0.3, -0.25) is 4.79 Å². The number of halogens is 2. The minimum atomic E-state index is -0.323. The fourth-order valence-corrected chi connectivity index (χ4v) is 2.19. The number of nitrogens with one attached hydrogen (secondary N) is 1. The molecule has 0 bridgehead atoms. The lowest BCUT2D eigenvalue weighted by molar-refractivity contribution is 0.939. The van der Waals surface area contributed by atoms with Crippen molar-refractivity contribution < 1.29 is 0 Å². The highest BCUT2D eigenvalue weighted by molar-refractivity contribution is 6.36. The zero-order chi connectivity index (χ0) is 12.7. The van der Waals surface area contributed by atoms with Crippen molar-refractivity contribution in [2.45, 2.75) is 0 Å². The number of hydrogen-bond acceptors (Lipinski definition) is 3. The second-order valence-corrected chi connectivity index (χ2v) is 4.49. The minimum absolute atomic E-state index is 0.240. The average molecular weight is 281 g/mol. The molecule has 0 aliphatic rings. The van der Waals surface area contributed by atoms with E-state index in [1.54, 1.807) is 24.4 Å². The quantitative estimate of drug-likeness (QED) is 0.745. The summed E-state index contributed by atoms with van der Waals surface area (Å²) >= 11 is 11.9. The van der Waals surface area contributed by atoms with Crippen LogP contribution in [0.25, 0.3) is 16.9 Å². The van der Waals surface area contributed by atoms with E-state index < -0.39 is 0 Å². The Kier molecular flexibility index (Phi) is 2.57. The predicted molar refractivity (Wildman–Crippen MR) is 69.1 cm³/mol. The first-order chi connectivity index (χ1) is 8.65. The molecular weight excluding hydrogens is 275 g/mol. The molecule has 7 heteroatoms. The number of benzene rings is 1. The number of aromatic nitrogens is 4. The van der Waals surface area contributed by atoms with Gasteiger partial charge in [0.2, 0.25) is 5.65 Å². The SMILES string of the molecule is O=c1[nH]c(-c2ccc(Cl)cc2Cl)cn2ncnc12. The first-order valence-electron chi connectivity index (χ1n) is 5.03. The molecule has 3 rings (SSSR count). The van der Waals surface area contributed by atoms with Gasteiger partial charge >= 0.3 is 0 Å². The summed E-state index contributed by atoms with van der Waals surface area (Å²) in [6, 6.07) is 5.05. The van der Waals surface area contributed by atoms with Gasteiger partial charge in [-0.1, -0.05) is 23.2 Å². The van der Waals surface area contributed by atoms with E-state index in [1.807, 2.05) is 0 Å². The summed E-state index contributed by atoms with van der Waals surface area (Å²) in [5, 5.41) is 4.92. The molecule has 18 heavy (non-hydrogen) atoms. The highest BCUT2D eigenvalue weighted by atomic mass is 35.5. The van der Waals surface area contributed by atoms with Gasteiger partial charge in [-0.2, -0.15) is 5.10 Å². The summed E-state index contributed by atoms with van der Waals surface area (Å²) in [5.74, 6) is 0. The molecule has 0 atom stereocenters. The summed E-state index contributed by atoms with van der Waals surface area (Å²) in [6.45, 7) is 0. The maximum absolute atomic E-state index is 11.8. The van der Waals surface area contributed by atoms with Crippen LogP contribution in [0.15, 0.2) is 35.5 Å². The number of hydrogen-bond donors (Lipinski definition) is 1. The van der Waals surface area contributed by atoms with Crippen LogP contribution in [0.5, 0.6) is 0 Å². The minimum Gasteiger partial charge on any atom is -0.317 e. The lowest BCUT2D eigenvalue weighted by atomic mass is 10.1. The molecule has 0 aliphatic carbocycles. The van der Waals surface area contributed by atoms with Crippen molar-refractivity contribution in [2.75, 3.05) is 0 Å². The highest BCUT2D eigenvalue weighted by Gasteiger charge is 2.09. The first kappa shape index (κ1) is 11.3. The smallest absolute Gasteiger partial charge is 0.293 e. The molecule has 0 spiro atoms. The predicted octanol–water partition coefficient (Wildman–Crippen LogP) is 2.39. The van der Waals surface area contributed by atoms with Gasteiger partial charge in [-0.05, 0) is 18.2 Å². The fourth-order valence-electron chi connectivity index (χ4n) is 1.68. The van der Waals surface area contributed by atoms with Crippen LogP contribution in [0.1, 0.15) is 0 Å². The second-order valence-electron chi connectivity index (χ2n) is 3.65. The van der Waals surface area contributed by atoms with Gasteiger partial charge in [0.15, 0.2) is 0 Å². The van der Waals surface area contributed by atoms with Crippen molar-refractivity contribution in [2.24, 2.45) is 0 Å². The lowest BCUT2D eigenvalue weighted by Gasteiger charge is -2.04. The number of rotatable bonds is 1. The molecule has 0 radical (unpaired) electrons. The first-order valence-corrected chi connectivity index (χ1v) is 5.79. The molecule has 0 saturated carbocycles. The third-order valence-electron chi connectivity index (χ3n) is 2.50. The molecule has 2 heterocycles. The van der Waals surface area contributed by atoms with Crippen molar-refractivity contribution in [3.8, 4) is 11.3 Å². The van der Waals surface area contributed by atoms with Crippen molar-refractivity contribution in [3.05, 3.63) is 51.1 Å². The Labute approximate surface area is 111 Å². The molecule has 0 amide bonds. The van der Waals surface area contributed by atoms with Crippen LogP contribution in [0.4, 0.5) is 0 Å². The normalized spacial score (nSPS) is 11.0. The average Bonchev–Trinajstić information content (AvgIpc) is 2.77. The van der Waals surface area contributed by atoms with E-state index in [4.69, 9.17) is 23.2 Å². The molecule has 0 fully saturated rings. The van der Waals surface area contributed by atoms with Crippen LogP contribution >= 0.6 is 23.2 Å².